The highest BCUT2D eigenvalue weighted by Crippen LogP contribution is 2.18. The van der Waals surface area contributed by atoms with Gasteiger partial charge in [0.1, 0.15) is 11.8 Å². The van der Waals surface area contributed by atoms with E-state index in [0.29, 0.717) is 48.1 Å². The Morgan fingerprint density at radius 3 is 2.09 bits per heavy atom. The van der Waals surface area contributed by atoms with E-state index in [1.807, 2.05) is 13.8 Å². The first-order valence-electron chi connectivity index (χ1n) is 10.6. The molecule has 3 rings (SSSR count). The van der Waals surface area contributed by atoms with E-state index in [9.17, 15) is 14.4 Å². The number of nitrogens with one attached hydrogen (secondary N) is 1. The number of hydrogen-bond acceptors (Lipinski definition) is 4. The van der Waals surface area contributed by atoms with Crippen molar-refractivity contribution in [1.29, 1.82) is 0 Å². The van der Waals surface area contributed by atoms with Crippen LogP contribution < -0.4 is 10.1 Å². The molecule has 1 heterocycles. The first-order valence-corrected chi connectivity index (χ1v) is 11.0. The zero-order valence-corrected chi connectivity index (χ0v) is 19.3. The summed E-state index contributed by atoms with van der Waals surface area (Å²) in [4.78, 5) is 42.1. The predicted molar refractivity (Wildman–Crippen MR) is 123 cm³/mol. The third-order valence-electron chi connectivity index (χ3n) is 5.55. The van der Waals surface area contributed by atoms with Crippen molar-refractivity contribution in [1.82, 2.24) is 15.1 Å². The smallest absolute Gasteiger partial charge is 0.253 e. The van der Waals surface area contributed by atoms with Gasteiger partial charge >= 0.3 is 0 Å². The number of amides is 3. The lowest BCUT2D eigenvalue weighted by Crippen LogP contribution is -2.57. The number of carbonyl (C=O) groups excluding carboxylic acids is 3. The summed E-state index contributed by atoms with van der Waals surface area (Å²) in [6.45, 7) is 5.45. The van der Waals surface area contributed by atoms with E-state index in [0.717, 1.165) is 0 Å². The number of rotatable bonds is 6. The molecule has 3 amide bonds. The predicted octanol–water partition coefficient (Wildman–Crippen LogP) is 3.09. The van der Waals surface area contributed by atoms with Gasteiger partial charge in [-0.1, -0.05) is 37.6 Å². The van der Waals surface area contributed by atoms with E-state index in [4.69, 9.17) is 16.3 Å². The third-order valence-corrected chi connectivity index (χ3v) is 5.88. The third kappa shape index (κ3) is 5.40. The SMILES string of the molecule is COc1ccc(C(=O)N2CCN(C(=O)C(NC(=O)c3ccccc3Cl)C(C)C)CC2)cc1. The molecule has 32 heavy (non-hydrogen) atoms. The summed E-state index contributed by atoms with van der Waals surface area (Å²) in [6, 6.07) is 13.0. The number of piperazine rings is 1. The lowest BCUT2D eigenvalue weighted by atomic mass is 10.0. The standard InChI is InChI=1S/C24H28ClN3O4/c1-16(2)21(26-22(29)19-6-4-5-7-20(19)25)24(31)28-14-12-27(13-15-28)23(30)17-8-10-18(32-3)11-9-17/h4-11,16,21H,12-15H2,1-3H3,(H,26,29). The molecule has 1 aliphatic rings. The Morgan fingerprint density at radius 2 is 1.53 bits per heavy atom. The molecule has 1 unspecified atom stereocenters. The lowest BCUT2D eigenvalue weighted by molar-refractivity contribution is -0.135. The van der Waals surface area contributed by atoms with Crippen molar-refractivity contribution in [3.05, 3.63) is 64.7 Å². The Labute approximate surface area is 193 Å². The summed E-state index contributed by atoms with van der Waals surface area (Å²) in [5.41, 5.74) is 0.917. The van der Waals surface area contributed by atoms with Crippen molar-refractivity contribution in [2.24, 2.45) is 5.92 Å². The topological polar surface area (TPSA) is 79.0 Å². The van der Waals surface area contributed by atoms with Crippen LogP contribution in [0, 0.1) is 5.92 Å². The summed E-state index contributed by atoms with van der Waals surface area (Å²) < 4.78 is 5.13. The molecular weight excluding hydrogens is 430 g/mol. The van der Waals surface area contributed by atoms with Gasteiger partial charge in [-0.15, -0.1) is 0 Å². The van der Waals surface area contributed by atoms with Crippen molar-refractivity contribution < 1.29 is 19.1 Å². The van der Waals surface area contributed by atoms with Crippen LogP contribution in [-0.4, -0.2) is 66.9 Å². The Kier molecular flexibility index (Phi) is 7.75. The number of nitrogens with zero attached hydrogens (tertiary/aromatic N) is 2. The molecule has 0 spiro atoms. The van der Waals surface area contributed by atoms with Gasteiger partial charge in [-0.2, -0.15) is 0 Å². The fraction of sp³-hybridized carbons (Fsp3) is 0.375. The Balaban J connectivity index is 1.61. The van der Waals surface area contributed by atoms with Gasteiger partial charge in [0.05, 0.1) is 17.7 Å². The van der Waals surface area contributed by atoms with Crippen LogP contribution in [0.2, 0.25) is 5.02 Å². The molecule has 0 bridgehead atoms. The highest BCUT2D eigenvalue weighted by molar-refractivity contribution is 6.33. The summed E-state index contributed by atoms with van der Waals surface area (Å²) in [5.74, 6) is -0.0245. The van der Waals surface area contributed by atoms with E-state index in [1.54, 1.807) is 65.4 Å². The number of benzene rings is 2. The van der Waals surface area contributed by atoms with Crippen LogP contribution in [0.4, 0.5) is 0 Å². The summed E-state index contributed by atoms with van der Waals surface area (Å²) >= 11 is 6.12. The van der Waals surface area contributed by atoms with Crippen LogP contribution in [0.25, 0.3) is 0 Å². The second kappa shape index (κ2) is 10.5. The van der Waals surface area contributed by atoms with Crippen LogP contribution in [0.15, 0.2) is 48.5 Å². The highest BCUT2D eigenvalue weighted by atomic mass is 35.5. The summed E-state index contributed by atoms with van der Waals surface area (Å²) in [6.07, 6.45) is 0. The largest absolute Gasteiger partial charge is 0.497 e. The van der Waals surface area contributed by atoms with E-state index >= 15 is 0 Å². The Hall–Kier alpha value is -3.06. The molecule has 170 valence electrons. The van der Waals surface area contributed by atoms with E-state index in [-0.39, 0.29) is 23.6 Å². The zero-order valence-electron chi connectivity index (χ0n) is 18.5. The van der Waals surface area contributed by atoms with Gasteiger partial charge in [0.2, 0.25) is 5.91 Å². The maximum Gasteiger partial charge on any atom is 0.253 e. The lowest BCUT2D eigenvalue weighted by Gasteiger charge is -2.37. The minimum atomic E-state index is -0.678. The van der Waals surface area contributed by atoms with Gasteiger partial charge in [0.25, 0.3) is 11.8 Å². The van der Waals surface area contributed by atoms with Crippen molar-refractivity contribution in [3.8, 4) is 5.75 Å². The molecule has 1 N–H and O–H groups in total. The normalized spacial score (nSPS) is 14.8. The molecule has 0 aliphatic carbocycles. The minimum Gasteiger partial charge on any atom is -0.497 e. The van der Waals surface area contributed by atoms with Gasteiger partial charge in [0.15, 0.2) is 0 Å². The number of carbonyl (C=O) groups is 3. The number of halogens is 1. The van der Waals surface area contributed by atoms with E-state index < -0.39 is 6.04 Å². The van der Waals surface area contributed by atoms with Crippen LogP contribution in [0.1, 0.15) is 34.6 Å². The molecule has 1 fully saturated rings. The fourth-order valence-corrected chi connectivity index (χ4v) is 3.84. The summed E-state index contributed by atoms with van der Waals surface area (Å²) in [7, 11) is 1.58. The molecule has 2 aromatic carbocycles. The van der Waals surface area contributed by atoms with Gasteiger partial charge in [0, 0.05) is 31.7 Å². The molecule has 1 aliphatic heterocycles. The van der Waals surface area contributed by atoms with E-state index in [1.165, 1.54) is 0 Å². The minimum absolute atomic E-state index is 0.0767. The van der Waals surface area contributed by atoms with Gasteiger partial charge in [-0.05, 0) is 42.3 Å². The molecule has 0 saturated carbocycles. The molecule has 7 nitrogen and oxygen atoms in total. The molecule has 0 aromatic heterocycles. The van der Waals surface area contributed by atoms with Crippen molar-refractivity contribution in [2.75, 3.05) is 33.3 Å². The number of methoxy groups -OCH3 is 1. The molecular formula is C24H28ClN3O4. The first kappa shape index (κ1) is 23.6. The average molecular weight is 458 g/mol. The maximum atomic E-state index is 13.2. The second-order valence-corrected chi connectivity index (χ2v) is 8.43. The first-order chi connectivity index (χ1) is 15.3. The van der Waals surface area contributed by atoms with E-state index in [2.05, 4.69) is 5.32 Å². The molecule has 8 heteroatoms. The molecule has 2 aromatic rings. The second-order valence-electron chi connectivity index (χ2n) is 8.02. The number of ether oxygens (including phenoxy) is 1. The summed E-state index contributed by atoms with van der Waals surface area (Å²) in [5, 5.41) is 3.17. The number of hydrogen-bond donors (Lipinski definition) is 1. The van der Waals surface area contributed by atoms with Crippen molar-refractivity contribution >= 4 is 29.3 Å². The Bertz CT molecular complexity index is 969. The van der Waals surface area contributed by atoms with Crippen LogP contribution >= 0.6 is 11.6 Å². The van der Waals surface area contributed by atoms with Crippen molar-refractivity contribution in [2.45, 2.75) is 19.9 Å². The molecule has 1 saturated heterocycles. The monoisotopic (exact) mass is 457 g/mol. The maximum absolute atomic E-state index is 13.2. The molecule has 0 radical (unpaired) electrons. The quantitative estimate of drug-likeness (QED) is 0.723. The van der Waals surface area contributed by atoms with Crippen LogP contribution in [0.3, 0.4) is 0 Å². The van der Waals surface area contributed by atoms with Gasteiger partial charge < -0.3 is 19.9 Å². The fourth-order valence-electron chi connectivity index (χ4n) is 3.62. The van der Waals surface area contributed by atoms with Crippen molar-refractivity contribution in [3.63, 3.8) is 0 Å². The Morgan fingerprint density at radius 1 is 0.938 bits per heavy atom. The van der Waals surface area contributed by atoms with Gasteiger partial charge in [-0.25, -0.2) is 0 Å². The van der Waals surface area contributed by atoms with Crippen LogP contribution in [-0.2, 0) is 4.79 Å². The zero-order chi connectivity index (χ0) is 23.3. The highest BCUT2D eigenvalue weighted by Gasteiger charge is 2.32. The average Bonchev–Trinajstić information content (AvgIpc) is 2.81. The van der Waals surface area contributed by atoms with Gasteiger partial charge in [-0.3, -0.25) is 14.4 Å². The van der Waals surface area contributed by atoms with Crippen LogP contribution in [0.5, 0.6) is 5.75 Å². The molecule has 1 atom stereocenters.